The number of aromatic nitrogens is 2. The molecule has 3 saturated carbocycles. The molecule has 1 saturated heterocycles. The van der Waals surface area contributed by atoms with Crippen LogP contribution in [0.2, 0.25) is 0 Å². The third kappa shape index (κ3) is 3.65. The third-order valence-electron chi connectivity index (χ3n) is 8.26. The van der Waals surface area contributed by atoms with E-state index < -0.39 is 0 Å². The second-order valence-corrected chi connectivity index (χ2v) is 11.4. The fourth-order valence-corrected chi connectivity index (χ4v) is 6.89. The maximum atomic E-state index is 13.5. The van der Waals surface area contributed by atoms with E-state index in [1.807, 2.05) is 4.68 Å². The van der Waals surface area contributed by atoms with Crippen LogP contribution in [0.1, 0.15) is 82.5 Å². The van der Waals surface area contributed by atoms with E-state index in [-0.39, 0.29) is 17.6 Å². The molecule has 6 heteroatoms. The van der Waals surface area contributed by atoms with Gasteiger partial charge >= 0.3 is 0 Å². The van der Waals surface area contributed by atoms with E-state index >= 15 is 0 Å². The summed E-state index contributed by atoms with van der Waals surface area (Å²) in [6.07, 6.45) is 10.9. The third-order valence-corrected chi connectivity index (χ3v) is 8.26. The number of aliphatic hydroxyl groups excluding tert-OH is 1. The van der Waals surface area contributed by atoms with Gasteiger partial charge in [-0.05, 0) is 95.8 Å². The normalized spacial score (nSPS) is 34.3. The quantitative estimate of drug-likeness (QED) is 0.794. The number of hydrogen-bond acceptors (Lipinski definition) is 4. The van der Waals surface area contributed by atoms with Crippen LogP contribution in [0.3, 0.4) is 0 Å². The van der Waals surface area contributed by atoms with E-state index in [1.165, 1.54) is 32.1 Å². The zero-order valence-electron chi connectivity index (χ0n) is 18.8. The summed E-state index contributed by atoms with van der Waals surface area (Å²) in [5, 5.41) is 18.1. The maximum absolute atomic E-state index is 13.5. The van der Waals surface area contributed by atoms with Gasteiger partial charge in [-0.3, -0.25) is 4.79 Å². The minimum absolute atomic E-state index is 0.0397. The Kier molecular flexibility index (Phi) is 5.11. The molecule has 3 bridgehead atoms. The van der Waals surface area contributed by atoms with Gasteiger partial charge in [0.05, 0.1) is 17.8 Å². The molecule has 5 unspecified atom stereocenters. The second-order valence-electron chi connectivity index (χ2n) is 11.4. The lowest BCUT2D eigenvalue weighted by Crippen LogP contribution is -2.43. The summed E-state index contributed by atoms with van der Waals surface area (Å²) in [5.74, 6) is 4.24. The average molecular weight is 415 g/mol. The summed E-state index contributed by atoms with van der Waals surface area (Å²) in [4.78, 5) is 15.8. The van der Waals surface area contributed by atoms with Gasteiger partial charge in [-0.2, -0.15) is 5.10 Å². The fourth-order valence-electron chi connectivity index (χ4n) is 6.89. The van der Waals surface area contributed by atoms with E-state index in [0.717, 1.165) is 55.9 Å². The lowest BCUT2D eigenvalue weighted by atomic mass is 9.80. The highest BCUT2D eigenvalue weighted by atomic mass is 16.3. The zero-order valence-corrected chi connectivity index (χ0v) is 18.8. The first-order chi connectivity index (χ1) is 14.3. The predicted octanol–water partition coefficient (Wildman–Crippen LogP) is 3.54. The van der Waals surface area contributed by atoms with Gasteiger partial charge in [0.15, 0.2) is 0 Å². The summed E-state index contributed by atoms with van der Waals surface area (Å²) in [5.41, 5.74) is 0.495. The number of carbonyl (C=O) groups is 1. The topological polar surface area (TPSA) is 70.4 Å². The van der Waals surface area contributed by atoms with Crippen molar-refractivity contribution in [2.75, 3.05) is 18.0 Å². The highest BCUT2D eigenvalue weighted by molar-refractivity contribution is 5.99. The molecule has 1 aromatic rings. The second kappa shape index (κ2) is 7.54. The molecule has 30 heavy (non-hydrogen) atoms. The molecule has 2 N–H and O–H groups in total. The Morgan fingerprint density at radius 2 is 1.80 bits per heavy atom. The zero-order chi connectivity index (χ0) is 21.0. The number of nitrogens with zero attached hydrogens (tertiary/aromatic N) is 3. The van der Waals surface area contributed by atoms with Gasteiger partial charge in [-0.15, -0.1) is 0 Å². The van der Waals surface area contributed by atoms with Crippen LogP contribution in [-0.2, 0) is 5.54 Å². The van der Waals surface area contributed by atoms with Crippen molar-refractivity contribution in [2.45, 2.75) is 89.8 Å². The smallest absolute Gasteiger partial charge is 0.256 e. The van der Waals surface area contributed by atoms with Crippen LogP contribution < -0.4 is 10.2 Å². The Morgan fingerprint density at radius 1 is 1.07 bits per heavy atom. The van der Waals surface area contributed by atoms with Crippen molar-refractivity contribution in [1.82, 2.24) is 15.1 Å². The summed E-state index contributed by atoms with van der Waals surface area (Å²) in [6.45, 7) is 7.92. The van der Waals surface area contributed by atoms with Gasteiger partial charge in [0.2, 0.25) is 0 Å². The predicted molar refractivity (Wildman–Crippen MR) is 118 cm³/mol. The molecule has 1 aliphatic heterocycles. The van der Waals surface area contributed by atoms with Crippen molar-refractivity contribution >= 4 is 11.7 Å². The summed E-state index contributed by atoms with van der Waals surface area (Å²) in [7, 11) is 0. The molecule has 4 aliphatic rings. The molecule has 2 heterocycles. The number of nitrogens with one attached hydrogen (secondary N) is 1. The maximum Gasteiger partial charge on any atom is 0.256 e. The minimum atomic E-state index is -0.235. The molecule has 1 aromatic heterocycles. The number of fused-ring (bicyclic) bond motifs is 2. The van der Waals surface area contributed by atoms with E-state index in [0.29, 0.717) is 17.5 Å². The number of carbonyl (C=O) groups excluding carboxylic acids is 1. The largest absolute Gasteiger partial charge is 0.393 e. The Morgan fingerprint density at radius 3 is 2.53 bits per heavy atom. The first-order valence-corrected chi connectivity index (χ1v) is 12.1. The van der Waals surface area contributed by atoms with E-state index in [9.17, 15) is 9.90 Å². The molecule has 3 aliphatic carbocycles. The molecular formula is C24H38N4O2. The standard InChI is InChI=1S/C24H38N4O2/c1-24(2,3)28-23(27-8-6-18(29)7-9-27)20(14-25-28)22(30)26-21-5-4-15-10-16-12-17(11-15)19(21)13-16/h14-19,21,29H,4-13H2,1-3H3,(H,26,30). The van der Waals surface area contributed by atoms with Crippen LogP contribution >= 0.6 is 0 Å². The first kappa shape index (κ1) is 20.3. The average Bonchev–Trinajstić information content (AvgIpc) is 3.23. The lowest BCUT2D eigenvalue weighted by Gasteiger charge is -2.35. The van der Waals surface area contributed by atoms with Crippen LogP contribution in [-0.4, -0.2) is 46.0 Å². The van der Waals surface area contributed by atoms with E-state index in [4.69, 9.17) is 0 Å². The van der Waals surface area contributed by atoms with Crippen molar-refractivity contribution in [3.05, 3.63) is 11.8 Å². The Balaban J connectivity index is 1.39. The molecule has 0 aromatic carbocycles. The molecule has 0 spiro atoms. The van der Waals surface area contributed by atoms with E-state index in [2.05, 4.69) is 36.1 Å². The molecule has 6 nitrogen and oxygen atoms in total. The van der Waals surface area contributed by atoms with Gasteiger partial charge in [0, 0.05) is 19.1 Å². The first-order valence-electron chi connectivity index (χ1n) is 12.1. The van der Waals surface area contributed by atoms with Crippen molar-refractivity contribution < 1.29 is 9.90 Å². The summed E-state index contributed by atoms with van der Waals surface area (Å²) < 4.78 is 2.00. The van der Waals surface area contributed by atoms with E-state index in [1.54, 1.807) is 6.20 Å². The van der Waals surface area contributed by atoms with Crippen LogP contribution in [0.25, 0.3) is 0 Å². The van der Waals surface area contributed by atoms with Gasteiger partial charge in [0.25, 0.3) is 5.91 Å². The van der Waals surface area contributed by atoms with Crippen molar-refractivity contribution in [3.8, 4) is 0 Å². The Hall–Kier alpha value is -1.56. The van der Waals surface area contributed by atoms with Crippen molar-refractivity contribution in [2.24, 2.45) is 23.7 Å². The number of rotatable bonds is 3. The fraction of sp³-hybridized carbons (Fsp3) is 0.833. The molecule has 0 radical (unpaired) electrons. The highest BCUT2D eigenvalue weighted by Gasteiger charge is 2.46. The molecular weight excluding hydrogens is 376 g/mol. The van der Waals surface area contributed by atoms with Gasteiger partial charge in [-0.1, -0.05) is 0 Å². The molecule has 166 valence electrons. The van der Waals surface area contributed by atoms with Gasteiger partial charge in [-0.25, -0.2) is 4.68 Å². The highest BCUT2D eigenvalue weighted by Crippen LogP contribution is 2.53. The van der Waals surface area contributed by atoms with Crippen LogP contribution in [0.4, 0.5) is 5.82 Å². The number of aliphatic hydroxyl groups is 1. The SMILES string of the molecule is CC(C)(C)n1ncc(C(=O)NC2CCC3CC4CC(C3)C2C4)c1N1CCC(O)CC1. The molecule has 1 amide bonds. The number of piperidine rings is 1. The number of hydrogen-bond donors (Lipinski definition) is 2. The molecule has 5 rings (SSSR count). The van der Waals surface area contributed by atoms with Gasteiger partial charge in [0.1, 0.15) is 11.4 Å². The lowest BCUT2D eigenvalue weighted by molar-refractivity contribution is 0.0913. The van der Waals surface area contributed by atoms with Crippen LogP contribution in [0.5, 0.6) is 0 Å². The summed E-state index contributed by atoms with van der Waals surface area (Å²) >= 11 is 0. The van der Waals surface area contributed by atoms with Crippen molar-refractivity contribution in [1.29, 1.82) is 0 Å². The minimum Gasteiger partial charge on any atom is -0.393 e. The summed E-state index contributed by atoms with van der Waals surface area (Å²) in [6, 6.07) is 0.312. The molecule has 4 fully saturated rings. The number of amides is 1. The van der Waals surface area contributed by atoms with Gasteiger partial charge < -0.3 is 15.3 Å². The van der Waals surface area contributed by atoms with Crippen LogP contribution in [0, 0.1) is 23.7 Å². The molecule has 5 atom stereocenters. The van der Waals surface area contributed by atoms with Crippen LogP contribution in [0.15, 0.2) is 6.20 Å². The monoisotopic (exact) mass is 414 g/mol. The Bertz CT molecular complexity index is 790. The number of anilines is 1. The van der Waals surface area contributed by atoms with Crippen molar-refractivity contribution in [3.63, 3.8) is 0 Å². The Labute approximate surface area is 180 Å².